The molecule has 166 valence electrons. The van der Waals surface area contributed by atoms with Crippen LogP contribution in [0, 0.1) is 20.8 Å². The molecule has 0 bridgehead atoms. The molecule has 0 unspecified atom stereocenters. The molecule has 0 spiro atoms. The highest BCUT2D eigenvalue weighted by molar-refractivity contribution is 7.89. The van der Waals surface area contributed by atoms with Crippen LogP contribution < -0.4 is 4.72 Å². The molecule has 6 heteroatoms. The fourth-order valence-corrected chi connectivity index (χ4v) is 6.27. The van der Waals surface area contributed by atoms with Gasteiger partial charge in [-0.05, 0) is 50.5 Å². The van der Waals surface area contributed by atoms with E-state index in [9.17, 15) is 8.42 Å². The molecule has 0 radical (unpaired) electrons. The highest BCUT2D eigenvalue weighted by Crippen LogP contribution is 2.30. The van der Waals surface area contributed by atoms with Crippen molar-refractivity contribution in [3.8, 4) is 11.1 Å². The van der Waals surface area contributed by atoms with Crippen LogP contribution in [0.2, 0.25) is 0 Å². The van der Waals surface area contributed by atoms with E-state index in [4.69, 9.17) is 0 Å². The zero-order valence-electron chi connectivity index (χ0n) is 19.0. The third kappa shape index (κ3) is 4.33. The minimum absolute atomic E-state index is 0.238. The summed E-state index contributed by atoms with van der Waals surface area (Å²) in [7, 11) is -3.64. The van der Waals surface area contributed by atoms with Crippen LogP contribution >= 0.6 is 0 Å². The van der Waals surface area contributed by atoms with Crippen molar-refractivity contribution in [2.75, 3.05) is 0 Å². The molecule has 4 rings (SSSR count). The van der Waals surface area contributed by atoms with E-state index in [-0.39, 0.29) is 6.04 Å². The van der Waals surface area contributed by atoms with Gasteiger partial charge in [0.15, 0.2) is 0 Å². The topological polar surface area (TPSA) is 64.0 Å². The number of rotatable bonds is 7. The standard InChI is InChI=1S/C26H29N3O2S/c1-5-22(28-32(30,31)26-19(3)13-18(2)14-20(26)4)16-29-17-24(21-9-8-12-27-15-21)23-10-6-7-11-25(23)29/h6-15,17,22,28H,5,16H2,1-4H3/t22-/m0/s1. The number of fused-ring (bicyclic) bond motifs is 1. The van der Waals surface area contributed by atoms with Crippen molar-refractivity contribution in [2.45, 2.75) is 51.6 Å². The van der Waals surface area contributed by atoms with Gasteiger partial charge in [-0.25, -0.2) is 13.1 Å². The molecule has 0 saturated heterocycles. The zero-order valence-corrected chi connectivity index (χ0v) is 19.8. The smallest absolute Gasteiger partial charge is 0.241 e. The lowest BCUT2D eigenvalue weighted by Crippen LogP contribution is -2.38. The van der Waals surface area contributed by atoms with Gasteiger partial charge in [0.25, 0.3) is 0 Å². The molecule has 0 saturated carbocycles. The zero-order chi connectivity index (χ0) is 22.9. The molecule has 5 nitrogen and oxygen atoms in total. The Morgan fingerprint density at radius 2 is 1.75 bits per heavy atom. The number of aromatic nitrogens is 2. The van der Waals surface area contributed by atoms with Crippen LogP contribution in [0.3, 0.4) is 0 Å². The van der Waals surface area contributed by atoms with Crippen molar-refractivity contribution in [3.63, 3.8) is 0 Å². The van der Waals surface area contributed by atoms with Gasteiger partial charge in [-0.2, -0.15) is 0 Å². The number of aryl methyl sites for hydroxylation is 3. The molecular formula is C26H29N3O2S. The summed E-state index contributed by atoms with van der Waals surface area (Å²) in [6.07, 6.45) is 6.40. The molecule has 0 aliphatic carbocycles. The molecule has 1 N–H and O–H groups in total. The molecule has 32 heavy (non-hydrogen) atoms. The van der Waals surface area contributed by atoms with Gasteiger partial charge in [0.1, 0.15) is 0 Å². The second-order valence-electron chi connectivity index (χ2n) is 8.41. The molecule has 1 atom stereocenters. The number of para-hydroxylation sites is 1. The molecular weight excluding hydrogens is 418 g/mol. The molecule has 0 fully saturated rings. The van der Waals surface area contributed by atoms with Crippen LogP contribution in [-0.2, 0) is 16.6 Å². The Hall–Kier alpha value is -2.96. The second-order valence-corrected chi connectivity index (χ2v) is 10.1. The van der Waals surface area contributed by atoms with Crippen LogP contribution in [0.4, 0.5) is 0 Å². The van der Waals surface area contributed by atoms with E-state index in [1.807, 2.05) is 70.3 Å². The maximum absolute atomic E-state index is 13.3. The summed E-state index contributed by atoms with van der Waals surface area (Å²) in [4.78, 5) is 4.64. The SMILES string of the molecule is CC[C@@H](Cn1cc(-c2cccnc2)c2ccccc21)NS(=O)(=O)c1c(C)cc(C)cc1C. The van der Waals surface area contributed by atoms with E-state index in [1.165, 1.54) is 0 Å². The first-order chi connectivity index (χ1) is 15.3. The third-order valence-electron chi connectivity index (χ3n) is 5.87. The number of hydrogen-bond acceptors (Lipinski definition) is 3. The van der Waals surface area contributed by atoms with Gasteiger partial charge in [0.2, 0.25) is 10.0 Å². The lowest BCUT2D eigenvalue weighted by molar-refractivity contribution is 0.491. The summed E-state index contributed by atoms with van der Waals surface area (Å²) in [5.74, 6) is 0. The number of hydrogen-bond donors (Lipinski definition) is 1. The van der Waals surface area contributed by atoms with Crippen LogP contribution in [0.25, 0.3) is 22.0 Å². The van der Waals surface area contributed by atoms with Crippen molar-refractivity contribution in [1.82, 2.24) is 14.3 Å². The van der Waals surface area contributed by atoms with Gasteiger partial charge in [-0.3, -0.25) is 4.98 Å². The first-order valence-corrected chi connectivity index (χ1v) is 12.4. The maximum atomic E-state index is 13.3. The summed E-state index contributed by atoms with van der Waals surface area (Å²) in [6, 6.07) is 15.8. The molecule has 2 heterocycles. The fourth-order valence-electron chi connectivity index (χ4n) is 4.51. The van der Waals surface area contributed by atoms with Gasteiger partial charge in [-0.15, -0.1) is 0 Å². The average Bonchev–Trinajstić information content (AvgIpc) is 3.11. The van der Waals surface area contributed by atoms with E-state index in [2.05, 4.69) is 32.6 Å². The monoisotopic (exact) mass is 447 g/mol. The van der Waals surface area contributed by atoms with Crippen LogP contribution in [0.5, 0.6) is 0 Å². The normalized spacial score (nSPS) is 12.9. The van der Waals surface area contributed by atoms with E-state index in [1.54, 1.807) is 6.20 Å². The largest absolute Gasteiger partial charge is 0.345 e. The second kappa shape index (κ2) is 8.88. The quantitative estimate of drug-likeness (QED) is 0.413. The van der Waals surface area contributed by atoms with Gasteiger partial charge in [0.05, 0.1) is 4.90 Å². The Morgan fingerprint density at radius 3 is 2.41 bits per heavy atom. The molecule has 0 amide bonds. The lowest BCUT2D eigenvalue weighted by atomic mass is 10.1. The van der Waals surface area contributed by atoms with Crippen molar-refractivity contribution in [2.24, 2.45) is 0 Å². The van der Waals surface area contributed by atoms with Crippen LogP contribution in [0.1, 0.15) is 30.0 Å². The van der Waals surface area contributed by atoms with Crippen molar-refractivity contribution >= 4 is 20.9 Å². The molecule has 4 aromatic rings. The molecule has 2 aromatic carbocycles. The van der Waals surface area contributed by atoms with Gasteiger partial charge in [-0.1, -0.05) is 48.9 Å². The van der Waals surface area contributed by atoms with Gasteiger partial charge in [0, 0.05) is 53.2 Å². The Morgan fingerprint density at radius 1 is 1.03 bits per heavy atom. The molecule has 0 aliphatic heterocycles. The summed E-state index contributed by atoms with van der Waals surface area (Å²) < 4.78 is 31.7. The Bertz CT molecular complexity index is 1340. The lowest BCUT2D eigenvalue weighted by Gasteiger charge is -2.20. The van der Waals surface area contributed by atoms with Crippen LogP contribution in [-0.4, -0.2) is 24.0 Å². The number of nitrogens with zero attached hydrogens (tertiary/aromatic N) is 2. The number of nitrogens with one attached hydrogen (secondary N) is 1. The fraction of sp³-hybridized carbons (Fsp3) is 0.269. The average molecular weight is 448 g/mol. The first-order valence-electron chi connectivity index (χ1n) is 10.9. The Labute approximate surface area is 190 Å². The van der Waals surface area contributed by atoms with Crippen molar-refractivity contribution < 1.29 is 8.42 Å². The molecule has 2 aromatic heterocycles. The minimum Gasteiger partial charge on any atom is -0.345 e. The number of pyridine rings is 1. The Balaban J connectivity index is 1.68. The summed E-state index contributed by atoms with van der Waals surface area (Å²) in [5, 5.41) is 1.13. The van der Waals surface area contributed by atoms with Crippen molar-refractivity contribution in [1.29, 1.82) is 0 Å². The number of benzene rings is 2. The maximum Gasteiger partial charge on any atom is 0.241 e. The summed E-state index contributed by atoms with van der Waals surface area (Å²) >= 11 is 0. The highest BCUT2D eigenvalue weighted by atomic mass is 32.2. The van der Waals surface area contributed by atoms with E-state index < -0.39 is 10.0 Å². The van der Waals surface area contributed by atoms with Gasteiger partial charge < -0.3 is 4.57 Å². The molecule has 0 aliphatic rings. The minimum atomic E-state index is -3.64. The first kappa shape index (κ1) is 22.2. The predicted molar refractivity (Wildman–Crippen MR) is 130 cm³/mol. The highest BCUT2D eigenvalue weighted by Gasteiger charge is 2.24. The van der Waals surface area contributed by atoms with Crippen molar-refractivity contribution in [3.05, 3.63) is 83.8 Å². The third-order valence-corrected chi connectivity index (χ3v) is 7.69. The number of sulfonamides is 1. The summed E-state index contributed by atoms with van der Waals surface area (Å²) in [5.41, 5.74) is 5.82. The van der Waals surface area contributed by atoms with E-state index in [0.29, 0.717) is 17.9 Å². The van der Waals surface area contributed by atoms with E-state index >= 15 is 0 Å². The predicted octanol–water partition coefficient (Wildman–Crippen LogP) is 5.39. The van der Waals surface area contributed by atoms with Gasteiger partial charge >= 0.3 is 0 Å². The van der Waals surface area contributed by atoms with Crippen LogP contribution in [0.15, 0.2) is 72.0 Å². The summed E-state index contributed by atoms with van der Waals surface area (Å²) in [6.45, 7) is 8.25. The van der Waals surface area contributed by atoms with E-state index in [0.717, 1.165) is 38.7 Å². The Kier molecular flexibility index (Phi) is 6.17.